The molecule has 0 aliphatic heterocycles. The molecule has 1 atom stereocenters. The first kappa shape index (κ1) is 77.6. The van der Waals surface area contributed by atoms with Crippen molar-refractivity contribution >= 4 is 17.9 Å². The van der Waals surface area contributed by atoms with Gasteiger partial charge >= 0.3 is 17.9 Å². The van der Waals surface area contributed by atoms with E-state index in [1.54, 1.807) is 0 Å². The quantitative estimate of drug-likeness (QED) is 0.0261. The minimum absolute atomic E-state index is 0.0927. The lowest BCUT2D eigenvalue weighted by atomic mass is 10.0. The average molecular weight is 1130 g/mol. The number of hydrogen-bond donors (Lipinski definition) is 0. The number of ether oxygens (including phenoxy) is 3. The Bertz CT molecular complexity index is 1530. The third kappa shape index (κ3) is 67.3. The van der Waals surface area contributed by atoms with Crippen LogP contribution in [0.5, 0.6) is 0 Å². The van der Waals surface area contributed by atoms with Gasteiger partial charge in [0.2, 0.25) is 0 Å². The lowest BCUT2D eigenvalue weighted by Gasteiger charge is -2.18. The molecule has 0 bridgehead atoms. The van der Waals surface area contributed by atoms with Crippen molar-refractivity contribution in [3.8, 4) is 0 Å². The molecule has 0 radical (unpaired) electrons. The summed E-state index contributed by atoms with van der Waals surface area (Å²) in [6.07, 6.45) is 92.1. The SMILES string of the molecule is CC/C=C\C/C=C\C/C=C\C/C=C\CCCCC(=O)OC(COC(=O)CCCCCCC/C=C\CCCCCC)COC(=O)CCCCCCCCCCCCCCCCCCCCCCCCC/C=C\C/C=C\CCCCCCC. The number of carbonyl (C=O) groups is 3. The van der Waals surface area contributed by atoms with Crippen LogP contribution in [-0.2, 0) is 28.6 Å². The number of hydrogen-bond acceptors (Lipinski definition) is 6. The molecule has 468 valence electrons. The minimum atomic E-state index is -0.801. The molecule has 1 unspecified atom stereocenters. The second kappa shape index (κ2) is 69.1. The Balaban J connectivity index is 4.10. The first-order valence-electron chi connectivity index (χ1n) is 35.1. The molecule has 0 aromatic rings. The van der Waals surface area contributed by atoms with Gasteiger partial charge in [-0.3, -0.25) is 14.4 Å². The minimum Gasteiger partial charge on any atom is -0.462 e. The highest BCUT2D eigenvalue weighted by atomic mass is 16.6. The predicted octanol–water partition coefficient (Wildman–Crippen LogP) is 24.2. The van der Waals surface area contributed by atoms with Crippen molar-refractivity contribution in [1.82, 2.24) is 0 Å². The van der Waals surface area contributed by atoms with Crippen LogP contribution in [0.15, 0.2) is 85.1 Å². The van der Waals surface area contributed by atoms with Gasteiger partial charge in [0, 0.05) is 19.3 Å². The highest BCUT2D eigenvalue weighted by Crippen LogP contribution is 2.18. The maximum atomic E-state index is 12.9. The van der Waals surface area contributed by atoms with Gasteiger partial charge in [-0.1, -0.05) is 305 Å². The highest BCUT2D eigenvalue weighted by molar-refractivity contribution is 5.71. The molecule has 0 spiro atoms. The summed E-state index contributed by atoms with van der Waals surface area (Å²) in [4.78, 5) is 38.3. The van der Waals surface area contributed by atoms with Crippen LogP contribution in [-0.4, -0.2) is 37.2 Å². The molecule has 0 heterocycles. The molecule has 6 nitrogen and oxygen atoms in total. The molecular weight excluding hydrogens is 997 g/mol. The first-order chi connectivity index (χ1) is 40.0. The van der Waals surface area contributed by atoms with Crippen LogP contribution in [0.25, 0.3) is 0 Å². The van der Waals surface area contributed by atoms with E-state index < -0.39 is 6.10 Å². The highest BCUT2D eigenvalue weighted by Gasteiger charge is 2.19. The van der Waals surface area contributed by atoms with Crippen LogP contribution in [0.3, 0.4) is 0 Å². The van der Waals surface area contributed by atoms with Gasteiger partial charge in [0.15, 0.2) is 6.10 Å². The summed E-state index contributed by atoms with van der Waals surface area (Å²) in [5.41, 5.74) is 0. The lowest BCUT2D eigenvalue weighted by Crippen LogP contribution is -2.30. The Morgan fingerprint density at radius 1 is 0.259 bits per heavy atom. The number of unbranched alkanes of at least 4 members (excludes halogenated alkanes) is 39. The number of carbonyl (C=O) groups excluding carboxylic acids is 3. The van der Waals surface area contributed by atoms with Crippen LogP contribution < -0.4 is 0 Å². The maximum absolute atomic E-state index is 12.9. The van der Waals surface area contributed by atoms with Gasteiger partial charge in [-0.25, -0.2) is 0 Å². The van der Waals surface area contributed by atoms with Gasteiger partial charge in [0.25, 0.3) is 0 Å². The van der Waals surface area contributed by atoms with E-state index in [2.05, 4.69) is 106 Å². The topological polar surface area (TPSA) is 78.9 Å². The molecule has 0 fully saturated rings. The normalized spacial score (nSPS) is 12.6. The van der Waals surface area contributed by atoms with Crippen LogP contribution in [0.1, 0.15) is 355 Å². The largest absolute Gasteiger partial charge is 0.462 e. The van der Waals surface area contributed by atoms with Crippen molar-refractivity contribution in [2.45, 2.75) is 361 Å². The molecule has 0 saturated heterocycles. The lowest BCUT2D eigenvalue weighted by molar-refractivity contribution is -0.167. The summed E-state index contributed by atoms with van der Waals surface area (Å²) in [5, 5.41) is 0. The van der Waals surface area contributed by atoms with Crippen LogP contribution in [0.4, 0.5) is 0 Å². The summed E-state index contributed by atoms with van der Waals surface area (Å²) in [6, 6.07) is 0. The van der Waals surface area contributed by atoms with Crippen molar-refractivity contribution in [3.05, 3.63) is 85.1 Å². The first-order valence-corrected chi connectivity index (χ1v) is 35.1. The van der Waals surface area contributed by atoms with Crippen molar-refractivity contribution in [1.29, 1.82) is 0 Å². The molecule has 0 saturated carbocycles. The fourth-order valence-corrected chi connectivity index (χ4v) is 10.1. The Morgan fingerprint density at radius 2 is 0.481 bits per heavy atom. The zero-order chi connectivity index (χ0) is 58.5. The molecule has 0 aliphatic rings. The summed E-state index contributed by atoms with van der Waals surface area (Å²) in [6.45, 7) is 6.49. The summed E-state index contributed by atoms with van der Waals surface area (Å²) >= 11 is 0. The summed E-state index contributed by atoms with van der Waals surface area (Å²) in [5.74, 6) is -0.930. The summed E-state index contributed by atoms with van der Waals surface area (Å²) < 4.78 is 16.9. The van der Waals surface area contributed by atoms with Gasteiger partial charge in [-0.15, -0.1) is 0 Å². The van der Waals surface area contributed by atoms with E-state index in [-0.39, 0.29) is 37.5 Å². The zero-order valence-corrected chi connectivity index (χ0v) is 53.8. The Hall–Kier alpha value is -3.41. The fourth-order valence-electron chi connectivity index (χ4n) is 10.1. The molecule has 81 heavy (non-hydrogen) atoms. The van der Waals surface area contributed by atoms with E-state index in [1.807, 2.05) is 0 Å². The molecule has 0 aromatic heterocycles. The second-order valence-corrected chi connectivity index (χ2v) is 23.4. The molecule has 0 aromatic carbocycles. The Kier molecular flexibility index (Phi) is 66.2. The van der Waals surface area contributed by atoms with Gasteiger partial charge in [-0.2, -0.15) is 0 Å². The summed E-state index contributed by atoms with van der Waals surface area (Å²) in [7, 11) is 0. The zero-order valence-electron chi connectivity index (χ0n) is 53.8. The second-order valence-electron chi connectivity index (χ2n) is 23.4. The standard InChI is InChI=1S/C75H132O6/c1-4-7-10-13-16-19-22-25-27-28-29-30-31-32-33-34-35-36-37-38-39-40-41-42-43-44-45-46-48-50-53-56-59-62-65-68-74(77)80-71-72(70-79-73(76)67-64-61-58-55-52-49-24-21-18-15-12-9-6-3)81-75(78)69-66-63-60-57-54-51-47-26-23-20-17-14-11-8-5-2/h8,11,17,20-22,24-26,28-29,47,54,57,72H,4-7,9-10,12-16,18-19,23,27,30-46,48-53,55-56,58-71H2,1-3H3/b11-8-,20-17-,24-21-,25-22-,29-28-,47-26-,57-54-. The molecule has 0 N–H and O–H groups in total. The number of allylic oxidation sites excluding steroid dienone is 14. The van der Waals surface area contributed by atoms with Crippen LogP contribution >= 0.6 is 0 Å². The van der Waals surface area contributed by atoms with Crippen molar-refractivity contribution in [2.24, 2.45) is 0 Å². The van der Waals surface area contributed by atoms with Crippen molar-refractivity contribution in [2.75, 3.05) is 13.2 Å². The third-order valence-corrected chi connectivity index (χ3v) is 15.4. The van der Waals surface area contributed by atoms with E-state index in [4.69, 9.17) is 14.2 Å². The Morgan fingerprint density at radius 3 is 0.802 bits per heavy atom. The van der Waals surface area contributed by atoms with Gasteiger partial charge in [0.05, 0.1) is 0 Å². The maximum Gasteiger partial charge on any atom is 0.306 e. The van der Waals surface area contributed by atoms with E-state index in [9.17, 15) is 14.4 Å². The number of rotatable bonds is 64. The van der Waals surface area contributed by atoms with E-state index in [0.29, 0.717) is 19.3 Å². The van der Waals surface area contributed by atoms with E-state index in [0.717, 1.165) is 89.9 Å². The van der Waals surface area contributed by atoms with Crippen LogP contribution in [0, 0.1) is 0 Å². The average Bonchev–Trinajstić information content (AvgIpc) is 3.46. The molecule has 6 heteroatoms. The monoisotopic (exact) mass is 1130 g/mol. The number of esters is 3. The van der Waals surface area contributed by atoms with Gasteiger partial charge in [0.1, 0.15) is 13.2 Å². The van der Waals surface area contributed by atoms with Crippen molar-refractivity contribution in [3.63, 3.8) is 0 Å². The third-order valence-electron chi connectivity index (χ3n) is 15.4. The van der Waals surface area contributed by atoms with Gasteiger partial charge in [-0.05, 0) is 116 Å². The Labute approximate surface area is 503 Å². The molecular formula is C75H132O6. The molecule has 0 rings (SSSR count). The molecule has 0 aliphatic carbocycles. The predicted molar refractivity (Wildman–Crippen MR) is 353 cm³/mol. The van der Waals surface area contributed by atoms with Crippen LogP contribution in [0.2, 0.25) is 0 Å². The smallest absolute Gasteiger partial charge is 0.306 e. The van der Waals surface area contributed by atoms with E-state index >= 15 is 0 Å². The van der Waals surface area contributed by atoms with E-state index in [1.165, 1.54) is 218 Å². The van der Waals surface area contributed by atoms with Crippen molar-refractivity contribution < 1.29 is 28.6 Å². The molecule has 0 amide bonds. The van der Waals surface area contributed by atoms with Gasteiger partial charge < -0.3 is 14.2 Å². The fraction of sp³-hybridized carbons (Fsp3) is 0.773.